The number of esters is 1. The highest BCUT2D eigenvalue weighted by Crippen LogP contribution is 2.21. The van der Waals surface area contributed by atoms with Crippen molar-refractivity contribution in [1.29, 1.82) is 0 Å². The number of carbonyl (C=O) groups is 2. The van der Waals surface area contributed by atoms with Crippen LogP contribution in [0.25, 0.3) is 0 Å². The van der Waals surface area contributed by atoms with Crippen LogP contribution < -0.4 is 5.73 Å². The Hall–Kier alpha value is -1.40. The molecule has 0 fully saturated rings. The first-order chi connectivity index (χ1) is 9.83. The molecule has 0 unspecified atom stereocenters. The van der Waals surface area contributed by atoms with E-state index in [9.17, 15) is 9.59 Å². The Morgan fingerprint density at radius 2 is 2.05 bits per heavy atom. The molecule has 0 heterocycles. The summed E-state index contributed by atoms with van der Waals surface area (Å²) in [7, 11) is 1.35. The molecule has 5 nitrogen and oxygen atoms in total. The highest BCUT2D eigenvalue weighted by atomic mass is 79.9. The number of halogens is 1. The predicted octanol–water partition coefficient (Wildman–Crippen LogP) is 2.18. The molecule has 6 heteroatoms. The van der Waals surface area contributed by atoms with Crippen molar-refractivity contribution in [3.8, 4) is 0 Å². The summed E-state index contributed by atoms with van der Waals surface area (Å²) in [6.45, 7) is 5.74. The van der Waals surface area contributed by atoms with Gasteiger partial charge in [-0.25, -0.2) is 4.79 Å². The van der Waals surface area contributed by atoms with Crippen LogP contribution >= 0.6 is 15.9 Å². The zero-order valence-corrected chi connectivity index (χ0v) is 14.1. The molecule has 0 saturated heterocycles. The summed E-state index contributed by atoms with van der Waals surface area (Å²) in [6, 6.07) is 5.29. The van der Waals surface area contributed by atoms with E-state index in [0.29, 0.717) is 18.0 Å². The van der Waals surface area contributed by atoms with Gasteiger partial charge in [0.2, 0.25) is 5.91 Å². The molecule has 1 aromatic rings. The number of nitrogens with zero attached hydrogens (tertiary/aromatic N) is 1. The van der Waals surface area contributed by atoms with Crippen molar-refractivity contribution in [2.45, 2.75) is 20.4 Å². The van der Waals surface area contributed by atoms with Gasteiger partial charge in [-0.15, -0.1) is 0 Å². The molecule has 21 heavy (non-hydrogen) atoms. The third kappa shape index (κ3) is 5.85. The smallest absolute Gasteiger partial charge is 0.337 e. The van der Waals surface area contributed by atoms with Crippen LogP contribution in [0.3, 0.4) is 0 Å². The maximum atomic E-state index is 11.5. The second kappa shape index (κ2) is 8.14. The lowest BCUT2D eigenvalue weighted by Gasteiger charge is -2.23. The Morgan fingerprint density at radius 3 is 2.52 bits per heavy atom. The maximum Gasteiger partial charge on any atom is 0.337 e. The first kappa shape index (κ1) is 17.7. The van der Waals surface area contributed by atoms with Gasteiger partial charge in [0.25, 0.3) is 0 Å². The van der Waals surface area contributed by atoms with Gasteiger partial charge in [0, 0.05) is 17.6 Å². The van der Waals surface area contributed by atoms with Crippen molar-refractivity contribution in [1.82, 2.24) is 4.90 Å². The fourth-order valence-electron chi connectivity index (χ4n) is 2.08. The molecule has 1 rings (SSSR count). The summed E-state index contributed by atoms with van der Waals surface area (Å²) in [4.78, 5) is 24.6. The van der Waals surface area contributed by atoms with E-state index in [1.165, 1.54) is 7.11 Å². The molecule has 0 aromatic heterocycles. The van der Waals surface area contributed by atoms with Gasteiger partial charge in [-0.3, -0.25) is 9.69 Å². The highest BCUT2D eigenvalue weighted by Gasteiger charge is 2.14. The minimum absolute atomic E-state index is 0.212. The molecule has 0 radical (unpaired) electrons. The number of rotatable bonds is 7. The summed E-state index contributed by atoms with van der Waals surface area (Å²) in [5.41, 5.74) is 6.76. The van der Waals surface area contributed by atoms with E-state index in [2.05, 4.69) is 34.5 Å². The largest absolute Gasteiger partial charge is 0.465 e. The second-order valence-electron chi connectivity index (χ2n) is 5.33. The molecule has 0 aliphatic carbocycles. The summed E-state index contributed by atoms with van der Waals surface area (Å²) in [6.07, 6.45) is 0. The van der Waals surface area contributed by atoms with Gasteiger partial charge >= 0.3 is 5.97 Å². The molecule has 0 aliphatic heterocycles. The minimum atomic E-state index is -0.376. The van der Waals surface area contributed by atoms with Crippen LogP contribution in [0.15, 0.2) is 22.7 Å². The van der Waals surface area contributed by atoms with Gasteiger partial charge in [0.05, 0.1) is 19.2 Å². The third-order valence-electron chi connectivity index (χ3n) is 2.87. The van der Waals surface area contributed by atoms with Crippen LogP contribution in [0.4, 0.5) is 0 Å². The maximum absolute atomic E-state index is 11.5. The van der Waals surface area contributed by atoms with Crippen molar-refractivity contribution in [3.63, 3.8) is 0 Å². The van der Waals surface area contributed by atoms with E-state index in [0.717, 1.165) is 16.6 Å². The number of amides is 1. The van der Waals surface area contributed by atoms with E-state index in [1.807, 2.05) is 11.0 Å². The standard InChI is InChI=1S/C15H21BrN2O3/c1-10(2)7-18(9-14(17)19)8-12-5-4-11(6-13(12)16)15(20)21-3/h4-6,10H,7-9H2,1-3H3,(H2,17,19). The topological polar surface area (TPSA) is 72.6 Å². The van der Waals surface area contributed by atoms with Crippen molar-refractivity contribution in [3.05, 3.63) is 33.8 Å². The van der Waals surface area contributed by atoms with Crippen molar-refractivity contribution < 1.29 is 14.3 Å². The number of nitrogens with two attached hydrogens (primary N) is 1. The Kier molecular flexibility index (Phi) is 6.84. The van der Waals surface area contributed by atoms with Crippen LogP contribution in [0.2, 0.25) is 0 Å². The van der Waals surface area contributed by atoms with E-state index < -0.39 is 0 Å². The van der Waals surface area contributed by atoms with E-state index in [4.69, 9.17) is 5.73 Å². The van der Waals surface area contributed by atoms with Gasteiger partial charge in [0.1, 0.15) is 0 Å². The molecule has 0 saturated carbocycles. The summed E-state index contributed by atoms with van der Waals surface area (Å²) in [5, 5.41) is 0. The first-order valence-electron chi connectivity index (χ1n) is 6.71. The van der Waals surface area contributed by atoms with Gasteiger partial charge in [-0.05, 0) is 23.6 Å². The number of benzene rings is 1. The average Bonchev–Trinajstić information content (AvgIpc) is 2.38. The van der Waals surface area contributed by atoms with Crippen LogP contribution in [0, 0.1) is 5.92 Å². The molecule has 0 bridgehead atoms. The third-order valence-corrected chi connectivity index (χ3v) is 3.61. The van der Waals surface area contributed by atoms with E-state index >= 15 is 0 Å². The Bertz CT molecular complexity index is 518. The lowest BCUT2D eigenvalue weighted by atomic mass is 10.1. The molecule has 0 atom stereocenters. The first-order valence-corrected chi connectivity index (χ1v) is 7.50. The van der Waals surface area contributed by atoms with Gasteiger partial charge in [0.15, 0.2) is 0 Å². The SMILES string of the molecule is COC(=O)c1ccc(CN(CC(N)=O)CC(C)C)c(Br)c1. The number of ether oxygens (including phenoxy) is 1. The zero-order chi connectivity index (χ0) is 16.0. The molecule has 1 amide bonds. The summed E-state index contributed by atoms with van der Waals surface area (Å²) < 4.78 is 5.50. The summed E-state index contributed by atoms with van der Waals surface area (Å²) >= 11 is 3.45. The quantitative estimate of drug-likeness (QED) is 0.760. The van der Waals surface area contributed by atoms with E-state index in [1.54, 1.807) is 12.1 Å². The second-order valence-corrected chi connectivity index (χ2v) is 6.18. The van der Waals surface area contributed by atoms with Crippen molar-refractivity contribution >= 4 is 27.8 Å². The minimum Gasteiger partial charge on any atom is -0.465 e. The average molecular weight is 357 g/mol. The Balaban J connectivity index is 2.88. The van der Waals surface area contributed by atoms with Gasteiger partial charge < -0.3 is 10.5 Å². The fourth-order valence-corrected chi connectivity index (χ4v) is 2.59. The number of methoxy groups -OCH3 is 1. The number of hydrogen-bond donors (Lipinski definition) is 1. The van der Waals surface area contributed by atoms with Gasteiger partial charge in [-0.2, -0.15) is 0 Å². The van der Waals surface area contributed by atoms with E-state index in [-0.39, 0.29) is 18.4 Å². The molecule has 1 aromatic carbocycles. The number of carbonyl (C=O) groups excluding carboxylic acids is 2. The Labute approximate surface area is 133 Å². The molecule has 0 aliphatic rings. The molecule has 2 N–H and O–H groups in total. The molecule has 116 valence electrons. The van der Waals surface area contributed by atoms with Crippen molar-refractivity contribution in [2.24, 2.45) is 11.7 Å². The monoisotopic (exact) mass is 356 g/mol. The van der Waals surface area contributed by atoms with Crippen LogP contribution in [0.5, 0.6) is 0 Å². The number of hydrogen-bond acceptors (Lipinski definition) is 4. The predicted molar refractivity (Wildman–Crippen MR) is 84.8 cm³/mol. The fraction of sp³-hybridized carbons (Fsp3) is 0.467. The van der Waals surface area contributed by atoms with Gasteiger partial charge in [-0.1, -0.05) is 35.8 Å². The van der Waals surface area contributed by atoms with Crippen LogP contribution in [-0.2, 0) is 16.1 Å². The van der Waals surface area contributed by atoms with Crippen molar-refractivity contribution in [2.75, 3.05) is 20.2 Å². The molecular weight excluding hydrogens is 336 g/mol. The zero-order valence-electron chi connectivity index (χ0n) is 12.6. The summed E-state index contributed by atoms with van der Waals surface area (Å²) in [5.74, 6) is -0.297. The lowest BCUT2D eigenvalue weighted by molar-refractivity contribution is -0.119. The van der Waals surface area contributed by atoms with Crippen LogP contribution in [0.1, 0.15) is 29.8 Å². The highest BCUT2D eigenvalue weighted by molar-refractivity contribution is 9.10. The lowest BCUT2D eigenvalue weighted by Crippen LogP contribution is -2.35. The Morgan fingerprint density at radius 1 is 1.38 bits per heavy atom. The molecular formula is C15H21BrN2O3. The molecule has 0 spiro atoms. The number of primary amides is 1. The normalized spacial score (nSPS) is 11.0. The van der Waals surface area contributed by atoms with Crippen LogP contribution in [-0.4, -0.2) is 37.0 Å².